The summed E-state index contributed by atoms with van der Waals surface area (Å²) in [6.07, 6.45) is 0.342. The van der Waals surface area contributed by atoms with Crippen LogP contribution < -0.4 is 9.62 Å². The first-order chi connectivity index (χ1) is 17.6. The molecule has 1 amide bonds. The summed E-state index contributed by atoms with van der Waals surface area (Å²) in [5.41, 5.74) is -2.86. The van der Waals surface area contributed by atoms with E-state index in [-0.39, 0.29) is 46.3 Å². The maximum atomic E-state index is 15.8. The van der Waals surface area contributed by atoms with E-state index < -0.39 is 63.1 Å². The van der Waals surface area contributed by atoms with Gasteiger partial charge in [0.05, 0.1) is 28.4 Å². The number of H-pyrrole nitrogens is 1. The number of anilines is 2. The summed E-state index contributed by atoms with van der Waals surface area (Å²) in [7, 11) is -2.32. The molecule has 0 radical (unpaired) electrons. The van der Waals surface area contributed by atoms with Crippen LogP contribution >= 0.6 is 0 Å². The van der Waals surface area contributed by atoms with Crippen LogP contribution in [-0.2, 0) is 17.3 Å². The Hall–Kier alpha value is -4.04. The third-order valence-electron chi connectivity index (χ3n) is 6.18. The Morgan fingerprint density at radius 2 is 1.92 bits per heavy atom. The van der Waals surface area contributed by atoms with Crippen molar-refractivity contribution in [2.45, 2.75) is 18.9 Å². The number of halogens is 4. The lowest BCUT2D eigenvalue weighted by Crippen LogP contribution is -2.19. The van der Waals surface area contributed by atoms with Crippen molar-refractivity contribution in [1.29, 1.82) is 0 Å². The molecule has 2 aromatic heterocycles. The maximum absolute atomic E-state index is 15.8. The molecule has 1 aliphatic rings. The Bertz CT molecular complexity index is 1670. The van der Waals surface area contributed by atoms with Gasteiger partial charge in [-0.1, -0.05) is 0 Å². The Morgan fingerprint density at radius 3 is 2.62 bits per heavy atom. The maximum Gasteiger partial charge on any atom is 0.272 e. The van der Waals surface area contributed by atoms with Crippen LogP contribution in [0.15, 0.2) is 30.5 Å². The van der Waals surface area contributed by atoms with E-state index in [1.54, 1.807) is 0 Å². The number of carbonyl (C=O) groups excluding carboxylic acids is 1. The number of aromatic nitrogens is 3. The third kappa shape index (κ3) is 3.88. The van der Waals surface area contributed by atoms with Crippen LogP contribution in [-0.4, -0.2) is 41.7 Å². The van der Waals surface area contributed by atoms with Crippen molar-refractivity contribution >= 4 is 39.1 Å². The summed E-state index contributed by atoms with van der Waals surface area (Å²) in [6, 6.07) is 3.46. The van der Waals surface area contributed by atoms with Crippen molar-refractivity contribution < 1.29 is 35.9 Å². The molecule has 1 unspecified atom stereocenters. The fraction of sp³-hybridized carbons (Fsp3) is 0.174. The Balaban J connectivity index is 1.71. The molecule has 37 heavy (non-hydrogen) atoms. The van der Waals surface area contributed by atoms with Gasteiger partial charge in [-0.15, -0.1) is 0 Å². The number of benzene rings is 2. The number of hydrogen-bond acceptors (Lipinski definition) is 6. The standard InChI is InChI=1S/C23H17F4N5O4S/c1-28-23(34)21-12-8-29-22(19(27)20(12)30-31-21)17-13(25)3-4-14(18(17)26)32(37(35)36)15-7-9(24)6-11-10(15)2-5-16(11)33/h3-4,6-8,16,33,37H,2,5H2,1H3,(H,28,34)(H,30,31). The largest absolute Gasteiger partial charge is 0.388 e. The van der Waals surface area contributed by atoms with Crippen LogP contribution in [0.2, 0.25) is 0 Å². The molecule has 14 heteroatoms. The van der Waals surface area contributed by atoms with Crippen LogP contribution in [0, 0.1) is 23.3 Å². The van der Waals surface area contributed by atoms with Crippen molar-refractivity contribution in [2.75, 3.05) is 11.4 Å². The highest BCUT2D eigenvalue weighted by Crippen LogP contribution is 2.43. The fourth-order valence-electron chi connectivity index (χ4n) is 4.48. The van der Waals surface area contributed by atoms with Crippen LogP contribution in [0.5, 0.6) is 0 Å². The first-order valence-corrected chi connectivity index (χ1v) is 11.9. The second-order valence-electron chi connectivity index (χ2n) is 8.21. The number of thiol groups is 1. The molecule has 0 saturated heterocycles. The molecule has 0 fully saturated rings. The number of fused-ring (bicyclic) bond motifs is 2. The van der Waals surface area contributed by atoms with Crippen molar-refractivity contribution in [1.82, 2.24) is 20.5 Å². The van der Waals surface area contributed by atoms with Gasteiger partial charge in [0.1, 0.15) is 22.8 Å². The Labute approximate surface area is 207 Å². The van der Waals surface area contributed by atoms with Crippen LogP contribution in [0.1, 0.15) is 34.1 Å². The van der Waals surface area contributed by atoms with Gasteiger partial charge in [-0.25, -0.2) is 30.3 Å². The molecule has 0 aliphatic heterocycles. The molecule has 0 bridgehead atoms. The highest BCUT2D eigenvalue weighted by atomic mass is 32.2. The molecule has 5 rings (SSSR count). The quantitative estimate of drug-likeness (QED) is 0.230. The monoisotopic (exact) mass is 535 g/mol. The first kappa shape index (κ1) is 24.6. The van der Waals surface area contributed by atoms with E-state index in [0.717, 1.165) is 30.5 Å². The lowest BCUT2D eigenvalue weighted by atomic mass is 10.0. The van der Waals surface area contributed by atoms with Crippen LogP contribution in [0.25, 0.3) is 22.2 Å². The van der Waals surface area contributed by atoms with Crippen molar-refractivity contribution in [3.8, 4) is 11.3 Å². The zero-order chi connectivity index (χ0) is 26.6. The number of aliphatic hydroxyl groups excluding tert-OH is 1. The number of nitrogens with zero attached hydrogens (tertiary/aromatic N) is 3. The number of pyridine rings is 1. The fourth-order valence-corrected chi connectivity index (χ4v) is 5.16. The SMILES string of the molecule is CNC(=O)c1n[nH]c2c(F)c(-c3c(F)ccc(N(c4cc(F)cc5c4CCC5O)[SH](=O)=O)c3F)ncc12. The molecule has 3 N–H and O–H groups in total. The minimum Gasteiger partial charge on any atom is -0.388 e. The molecule has 1 atom stereocenters. The highest BCUT2D eigenvalue weighted by molar-refractivity contribution is 7.74. The molecule has 0 saturated carbocycles. The predicted octanol–water partition coefficient (Wildman–Crippen LogP) is 3.19. The third-order valence-corrected chi connectivity index (χ3v) is 6.93. The zero-order valence-corrected chi connectivity index (χ0v) is 19.7. The molecule has 2 heterocycles. The van der Waals surface area contributed by atoms with Gasteiger partial charge in [-0.05, 0) is 48.2 Å². The number of hydrogen-bond donors (Lipinski definition) is 4. The Kier molecular flexibility index (Phi) is 6.07. The minimum absolute atomic E-state index is 0.0456. The van der Waals surface area contributed by atoms with Gasteiger partial charge >= 0.3 is 0 Å². The van der Waals surface area contributed by atoms with Gasteiger partial charge in [-0.3, -0.25) is 14.9 Å². The molecule has 1 aliphatic carbocycles. The Morgan fingerprint density at radius 1 is 1.16 bits per heavy atom. The molecule has 9 nitrogen and oxygen atoms in total. The van der Waals surface area contributed by atoms with Crippen molar-refractivity contribution in [3.05, 3.63) is 70.6 Å². The van der Waals surface area contributed by atoms with E-state index in [1.807, 2.05) is 0 Å². The molecule has 0 spiro atoms. The molecular formula is C23H17F4N5O4S. The van der Waals surface area contributed by atoms with E-state index in [1.165, 1.54) is 7.05 Å². The average molecular weight is 535 g/mol. The lowest BCUT2D eigenvalue weighted by molar-refractivity contribution is 0.0959. The second kappa shape index (κ2) is 9.12. The van der Waals surface area contributed by atoms with Crippen LogP contribution in [0.3, 0.4) is 0 Å². The highest BCUT2D eigenvalue weighted by Gasteiger charge is 2.31. The number of amides is 1. The number of carbonyl (C=O) groups is 1. The average Bonchev–Trinajstić information content (AvgIpc) is 3.45. The van der Waals surface area contributed by atoms with E-state index in [4.69, 9.17) is 0 Å². The minimum atomic E-state index is -3.65. The topological polar surface area (TPSA) is 128 Å². The number of aliphatic hydroxyl groups is 1. The first-order valence-electron chi connectivity index (χ1n) is 10.8. The van der Waals surface area contributed by atoms with E-state index in [0.29, 0.717) is 4.31 Å². The molecule has 192 valence electrons. The second-order valence-corrected chi connectivity index (χ2v) is 9.09. The number of aromatic amines is 1. The summed E-state index contributed by atoms with van der Waals surface area (Å²) >= 11 is 0. The summed E-state index contributed by atoms with van der Waals surface area (Å²) in [6.45, 7) is 0. The molecule has 4 aromatic rings. The van der Waals surface area contributed by atoms with Crippen molar-refractivity contribution in [2.24, 2.45) is 0 Å². The molecular weight excluding hydrogens is 518 g/mol. The van der Waals surface area contributed by atoms with Gasteiger partial charge in [0.15, 0.2) is 17.3 Å². The zero-order valence-electron chi connectivity index (χ0n) is 18.9. The van der Waals surface area contributed by atoms with Gasteiger partial charge < -0.3 is 10.4 Å². The van der Waals surface area contributed by atoms with E-state index in [2.05, 4.69) is 20.5 Å². The summed E-state index contributed by atoms with van der Waals surface area (Å²) in [5.74, 6) is -5.49. The van der Waals surface area contributed by atoms with Gasteiger partial charge in [-0.2, -0.15) is 5.10 Å². The summed E-state index contributed by atoms with van der Waals surface area (Å²) < 4.78 is 85.5. The smallest absolute Gasteiger partial charge is 0.272 e. The van der Waals surface area contributed by atoms with E-state index >= 15 is 8.78 Å². The summed E-state index contributed by atoms with van der Waals surface area (Å²) in [4.78, 5) is 15.7. The van der Waals surface area contributed by atoms with Crippen LogP contribution in [0.4, 0.5) is 28.9 Å². The molecule has 2 aromatic carbocycles. The number of rotatable bonds is 5. The summed E-state index contributed by atoms with van der Waals surface area (Å²) in [5, 5.41) is 18.4. The normalized spacial score (nSPS) is 14.8. The number of nitrogens with one attached hydrogen (secondary N) is 2. The predicted molar refractivity (Wildman–Crippen MR) is 125 cm³/mol. The van der Waals surface area contributed by atoms with Gasteiger partial charge in [0.2, 0.25) is 10.9 Å². The van der Waals surface area contributed by atoms with Crippen molar-refractivity contribution in [3.63, 3.8) is 0 Å². The van der Waals surface area contributed by atoms with Gasteiger partial charge in [0, 0.05) is 13.2 Å². The van der Waals surface area contributed by atoms with Gasteiger partial charge in [0.25, 0.3) is 5.91 Å². The lowest BCUT2D eigenvalue weighted by Gasteiger charge is -2.23. The van der Waals surface area contributed by atoms with E-state index in [9.17, 15) is 27.1 Å².